The molecule has 0 radical (unpaired) electrons. The normalized spacial score (nSPS) is 10.7. The van der Waals surface area contributed by atoms with Crippen LogP contribution in [0.1, 0.15) is 24.5 Å². The van der Waals surface area contributed by atoms with Crippen LogP contribution in [-0.2, 0) is 13.1 Å². The third-order valence-corrected chi connectivity index (χ3v) is 3.59. The zero-order valence-electron chi connectivity index (χ0n) is 12.3. The lowest BCUT2D eigenvalue weighted by molar-refractivity contribution is 0.313. The maximum atomic E-state index is 12.9. The Morgan fingerprint density at radius 1 is 1.09 bits per heavy atom. The number of hydrogen-bond donors (Lipinski definition) is 1. The van der Waals surface area contributed by atoms with E-state index in [9.17, 15) is 4.39 Å². The highest BCUT2D eigenvalue weighted by Crippen LogP contribution is 2.32. The summed E-state index contributed by atoms with van der Waals surface area (Å²) in [7, 11) is 0. The fourth-order valence-electron chi connectivity index (χ4n) is 2.05. The van der Waals surface area contributed by atoms with Crippen molar-refractivity contribution in [2.75, 3.05) is 6.61 Å². The van der Waals surface area contributed by atoms with E-state index in [1.54, 1.807) is 18.2 Å². The second-order valence-corrected chi connectivity index (χ2v) is 5.80. The molecule has 1 N–H and O–H groups in total. The minimum atomic E-state index is -0.236. The largest absolute Gasteiger partial charge is 0.492 e. The predicted molar refractivity (Wildman–Crippen MR) is 89.2 cm³/mol. The van der Waals surface area contributed by atoms with Gasteiger partial charge in [-0.25, -0.2) is 4.39 Å². The van der Waals surface area contributed by atoms with Crippen LogP contribution in [0.2, 0.25) is 10.0 Å². The lowest BCUT2D eigenvalue weighted by Crippen LogP contribution is -2.14. The molecule has 0 aliphatic rings. The standard InChI is InChI=1S/C17H18Cl2FNO/c1-2-7-22-17-13(8-14(18)9-16(17)19)11-21-10-12-3-5-15(20)6-4-12/h3-6,8-9,21H,2,7,10-11H2,1H3. The fraction of sp³-hybridized carbons (Fsp3) is 0.294. The Hall–Kier alpha value is -1.29. The summed E-state index contributed by atoms with van der Waals surface area (Å²) in [5.74, 6) is 0.431. The summed E-state index contributed by atoms with van der Waals surface area (Å²) >= 11 is 12.3. The van der Waals surface area contributed by atoms with Crippen LogP contribution in [0, 0.1) is 5.82 Å². The van der Waals surface area contributed by atoms with E-state index in [1.807, 2.05) is 13.0 Å². The number of nitrogens with one attached hydrogen (secondary N) is 1. The first-order valence-corrected chi connectivity index (χ1v) is 7.91. The summed E-state index contributed by atoms with van der Waals surface area (Å²) in [4.78, 5) is 0. The van der Waals surface area contributed by atoms with Gasteiger partial charge in [-0.1, -0.05) is 42.3 Å². The molecule has 118 valence electrons. The summed E-state index contributed by atoms with van der Waals surface area (Å²) < 4.78 is 18.6. The molecular formula is C17H18Cl2FNO. The van der Waals surface area contributed by atoms with Gasteiger partial charge < -0.3 is 10.1 Å². The van der Waals surface area contributed by atoms with Crippen molar-refractivity contribution < 1.29 is 9.13 Å². The average molecular weight is 342 g/mol. The van der Waals surface area contributed by atoms with Crippen LogP contribution in [-0.4, -0.2) is 6.61 Å². The van der Waals surface area contributed by atoms with Gasteiger partial charge in [-0.05, 0) is 36.2 Å². The van der Waals surface area contributed by atoms with Crippen molar-refractivity contribution in [1.29, 1.82) is 0 Å². The topological polar surface area (TPSA) is 21.3 Å². The van der Waals surface area contributed by atoms with Crippen molar-refractivity contribution in [1.82, 2.24) is 5.32 Å². The number of hydrogen-bond acceptors (Lipinski definition) is 2. The van der Waals surface area contributed by atoms with Gasteiger partial charge in [0.1, 0.15) is 11.6 Å². The van der Waals surface area contributed by atoms with Gasteiger partial charge in [0.25, 0.3) is 0 Å². The molecule has 0 unspecified atom stereocenters. The highest BCUT2D eigenvalue weighted by atomic mass is 35.5. The predicted octanol–water partition coefficient (Wildman–Crippen LogP) is 5.21. The molecule has 2 rings (SSSR count). The maximum absolute atomic E-state index is 12.9. The van der Waals surface area contributed by atoms with Crippen molar-refractivity contribution in [2.45, 2.75) is 26.4 Å². The Balaban J connectivity index is 2.03. The van der Waals surface area contributed by atoms with E-state index in [-0.39, 0.29) is 5.82 Å². The van der Waals surface area contributed by atoms with Crippen LogP contribution >= 0.6 is 23.2 Å². The summed E-state index contributed by atoms with van der Waals surface area (Å²) in [6.07, 6.45) is 0.904. The van der Waals surface area contributed by atoms with E-state index in [0.29, 0.717) is 35.5 Å². The van der Waals surface area contributed by atoms with Gasteiger partial charge in [0.05, 0.1) is 11.6 Å². The van der Waals surface area contributed by atoms with Crippen LogP contribution in [0.3, 0.4) is 0 Å². The fourth-order valence-corrected chi connectivity index (χ4v) is 2.64. The highest BCUT2D eigenvalue weighted by Gasteiger charge is 2.10. The molecule has 0 saturated carbocycles. The van der Waals surface area contributed by atoms with E-state index in [1.165, 1.54) is 12.1 Å². The Bertz CT molecular complexity index is 617. The quantitative estimate of drug-likeness (QED) is 0.746. The Morgan fingerprint density at radius 2 is 1.82 bits per heavy atom. The van der Waals surface area contributed by atoms with Crippen molar-refractivity contribution in [3.05, 3.63) is 63.4 Å². The van der Waals surface area contributed by atoms with Crippen LogP contribution in [0.25, 0.3) is 0 Å². The molecule has 0 bridgehead atoms. The van der Waals surface area contributed by atoms with Gasteiger partial charge in [-0.3, -0.25) is 0 Å². The first-order chi connectivity index (χ1) is 10.6. The molecule has 0 aliphatic heterocycles. The molecule has 0 fully saturated rings. The SMILES string of the molecule is CCCOc1c(Cl)cc(Cl)cc1CNCc1ccc(F)cc1. The van der Waals surface area contributed by atoms with Gasteiger partial charge in [-0.2, -0.15) is 0 Å². The molecule has 0 aliphatic carbocycles. The third kappa shape index (κ3) is 4.87. The van der Waals surface area contributed by atoms with Gasteiger partial charge >= 0.3 is 0 Å². The molecular weight excluding hydrogens is 324 g/mol. The second kappa shape index (κ2) is 8.37. The Kier molecular flexibility index (Phi) is 6.49. The van der Waals surface area contributed by atoms with Crippen molar-refractivity contribution in [2.24, 2.45) is 0 Å². The van der Waals surface area contributed by atoms with E-state index < -0.39 is 0 Å². The van der Waals surface area contributed by atoms with Crippen LogP contribution in [0.15, 0.2) is 36.4 Å². The summed E-state index contributed by atoms with van der Waals surface area (Å²) in [5.41, 5.74) is 1.92. The van der Waals surface area contributed by atoms with E-state index in [0.717, 1.165) is 17.5 Å². The molecule has 0 atom stereocenters. The van der Waals surface area contributed by atoms with Gasteiger partial charge in [-0.15, -0.1) is 0 Å². The second-order valence-electron chi connectivity index (χ2n) is 4.95. The molecule has 0 heterocycles. The first kappa shape index (κ1) is 17.1. The molecule has 5 heteroatoms. The minimum absolute atomic E-state index is 0.236. The van der Waals surface area contributed by atoms with Crippen molar-refractivity contribution in [3.8, 4) is 5.75 Å². The molecule has 0 amide bonds. The lowest BCUT2D eigenvalue weighted by atomic mass is 10.1. The molecule has 0 saturated heterocycles. The van der Waals surface area contributed by atoms with Crippen molar-refractivity contribution >= 4 is 23.2 Å². The van der Waals surface area contributed by atoms with E-state index in [4.69, 9.17) is 27.9 Å². The smallest absolute Gasteiger partial charge is 0.142 e. The number of benzene rings is 2. The van der Waals surface area contributed by atoms with Crippen molar-refractivity contribution in [3.63, 3.8) is 0 Å². The monoisotopic (exact) mass is 341 g/mol. The molecule has 0 spiro atoms. The minimum Gasteiger partial charge on any atom is -0.492 e. The molecule has 2 nitrogen and oxygen atoms in total. The first-order valence-electron chi connectivity index (χ1n) is 7.16. The number of rotatable bonds is 7. The Labute approximate surface area is 140 Å². The molecule has 0 aromatic heterocycles. The van der Waals surface area contributed by atoms with E-state index >= 15 is 0 Å². The van der Waals surface area contributed by atoms with Gasteiger partial charge in [0, 0.05) is 23.7 Å². The molecule has 2 aromatic rings. The third-order valence-electron chi connectivity index (χ3n) is 3.09. The number of halogens is 3. The summed E-state index contributed by atoms with van der Waals surface area (Å²) in [6, 6.07) is 9.92. The van der Waals surface area contributed by atoms with Crippen LogP contribution in [0.5, 0.6) is 5.75 Å². The zero-order valence-corrected chi connectivity index (χ0v) is 13.8. The molecule has 22 heavy (non-hydrogen) atoms. The summed E-state index contributed by atoms with van der Waals surface area (Å²) in [5, 5.41) is 4.38. The van der Waals surface area contributed by atoms with E-state index in [2.05, 4.69) is 5.32 Å². The van der Waals surface area contributed by atoms with Crippen LogP contribution < -0.4 is 10.1 Å². The Morgan fingerprint density at radius 3 is 2.50 bits per heavy atom. The highest BCUT2D eigenvalue weighted by molar-refractivity contribution is 6.35. The van der Waals surface area contributed by atoms with Gasteiger partial charge in [0.15, 0.2) is 0 Å². The number of ether oxygens (including phenoxy) is 1. The lowest BCUT2D eigenvalue weighted by Gasteiger charge is -2.14. The zero-order chi connectivity index (χ0) is 15.9. The maximum Gasteiger partial charge on any atom is 0.142 e. The summed E-state index contributed by atoms with van der Waals surface area (Å²) in [6.45, 7) is 3.83. The molecule has 2 aromatic carbocycles. The van der Waals surface area contributed by atoms with Gasteiger partial charge in [0.2, 0.25) is 0 Å². The van der Waals surface area contributed by atoms with Crippen LogP contribution in [0.4, 0.5) is 4.39 Å². The average Bonchev–Trinajstić information content (AvgIpc) is 2.48.